The number of piperidine rings is 1. The number of amides is 2. The van der Waals surface area contributed by atoms with Crippen LogP contribution in [0.5, 0.6) is 0 Å². The Bertz CT molecular complexity index is 946. The summed E-state index contributed by atoms with van der Waals surface area (Å²) in [7, 11) is 1.63. The second-order valence-corrected chi connectivity index (χ2v) is 9.38. The van der Waals surface area contributed by atoms with Gasteiger partial charge in [0.15, 0.2) is 5.69 Å². The number of nitrogens with zero attached hydrogens (tertiary/aromatic N) is 2. The summed E-state index contributed by atoms with van der Waals surface area (Å²) in [4.78, 5) is 27.4. The van der Waals surface area contributed by atoms with Gasteiger partial charge in [0.2, 0.25) is 5.91 Å². The van der Waals surface area contributed by atoms with E-state index < -0.39 is 6.04 Å². The van der Waals surface area contributed by atoms with E-state index in [0.717, 1.165) is 37.0 Å². The molecule has 8 nitrogen and oxygen atoms in total. The summed E-state index contributed by atoms with van der Waals surface area (Å²) >= 11 is 0. The average Bonchev–Trinajstić information content (AvgIpc) is 3.56. The molecule has 2 amide bonds. The largest absolute Gasteiger partial charge is 0.383 e. The van der Waals surface area contributed by atoms with Gasteiger partial charge < -0.3 is 25.2 Å². The van der Waals surface area contributed by atoms with Gasteiger partial charge in [-0.05, 0) is 50.5 Å². The Morgan fingerprint density at radius 3 is 2.55 bits per heavy atom. The number of rotatable bonds is 9. The summed E-state index contributed by atoms with van der Waals surface area (Å²) in [5.41, 5.74) is 8.80. The van der Waals surface area contributed by atoms with Crippen molar-refractivity contribution < 1.29 is 18.8 Å². The van der Waals surface area contributed by atoms with E-state index in [4.69, 9.17) is 15.0 Å². The number of nitrogens with two attached hydrogens (primary N) is 1. The molecular weight excluding hydrogens is 420 g/mol. The summed E-state index contributed by atoms with van der Waals surface area (Å²) in [6.45, 7) is 3.69. The molecule has 1 aliphatic carbocycles. The fourth-order valence-corrected chi connectivity index (χ4v) is 4.50. The quantitative estimate of drug-likeness (QED) is 0.602. The third-order valence-corrected chi connectivity index (χ3v) is 6.72. The second kappa shape index (κ2) is 10.5. The van der Waals surface area contributed by atoms with E-state index >= 15 is 0 Å². The minimum Gasteiger partial charge on any atom is -0.383 e. The van der Waals surface area contributed by atoms with Crippen molar-refractivity contribution >= 4 is 11.8 Å². The van der Waals surface area contributed by atoms with Crippen LogP contribution in [0.15, 0.2) is 34.9 Å². The first kappa shape index (κ1) is 23.4. The zero-order valence-electron chi connectivity index (χ0n) is 19.5. The lowest BCUT2D eigenvalue weighted by atomic mass is 9.89. The number of benzene rings is 1. The molecule has 3 N–H and O–H groups in total. The number of methoxy groups -OCH3 is 1. The van der Waals surface area contributed by atoms with Crippen molar-refractivity contribution in [1.82, 2.24) is 15.4 Å². The fraction of sp³-hybridized carbons (Fsp3) is 0.560. The number of carbonyl (C=O) groups excluding carboxylic acids is 2. The molecule has 2 aliphatic rings. The van der Waals surface area contributed by atoms with Crippen LogP contribution in [0.2, 0.25) is 0 Å². The van der Waals surface area contributed by atoms with Crippen LogP contribution < -0.4 is 11.1 Å². The van der Waals surface area contributed by atoms with Gasteiger partial charge in [-0.2, -0.15) is 0 Å². The Morgan fingerprint density at radius 2 is 1.91 bits per heavy atom. The lowest BCUT2D eigenvalue weighted by molar-refractivity contribution is -0.134. The molecule has 4 rings (SSSR count). The maximum atomic E-state index is 12.9. The minimum absolute atomic E-state index is 0.0171. The van der Waals surface area contributed by atoms with Gasteiger partial charge in [-0.15, -0.1) is 0 Å². The van der Waals surface area contributed by atoms with Gasteiger partial charge in [-0.3, -0.25) is 9.59 Å². The van der Waals surface area contributed by atoms with Crippen molar-refractivity contribution in [2.24, 2.45) is 11.7 Å². The topological polar surface area (TPSA) is 111 Å². The van der Waals surface area contributed by atoms with E-state index in [1.807, 2.05) is 36.1 Å². The summed E-state index contributed by atoms with van der Waals surface area (Å²) in [5.74, 6) is 1.15. The molecule has 178 valence electrons. The molecule has 2 atom stereocenters. The van der Waals surface area contributed by atoms with Crippen LogP contribution in [-0.2, 0) is 16.0 Å². The van der Waals surface area contributed by atoms with E-state index in [1.54, 1.807) is 13.2 Å². The zero-order chi connectivity index (χ0) is 23.4. The van der Waals surface area contributed by atoms with E-state index in [-0.39, 0.29) is 23.8 Å². The standard InChI is InChI=1S/C25H34N4O4/c1-16-3-5-17(6-4-16)13-20(26)25(31)29-11-9-18(10-12-29)22(15-32-2)27-24(30)21-14-23(33-28-21)19-7-8-19/h3-6,14,18-20,22H,7-13,15,26H2,1-2H3,(H,27,30)/t20-,22?/m0/s1. The molecule has 2 fully saturated rings. The first-order chi connectivity index (χ1) is 15.9. The highest BCUT2D eigenvalue weighted by Crippen LogP contribution is 2.40. The van der Waals surface area contributed by atoms with Crippen molar-refractivity contribution in [3.8, 4) is 0 Å². The molecule has 1 aromatic carbocycles. The number of aryl methyl sites for hydroxylation is 1. The van der Waals surface area contributed by atoms with E-state index in [1.165, 1.54) is 5.56 Å². The van der Waals surface area contributed by atoms with E-state index in [2.05, 4.69) is 10.5 Å². The highest BCUT2D eigenvalue weighted by molar-refractivity contribution is 5.92. The lowest BCUT2D eigenvalue weighted by Crippen LogP contribution is -2.51. The van der Waals surface area contributed by atoms with Gasteiger partial charge in [0.25, 0.3) is 5.91 Å². The summed E-state index contributed by atoms with van der Waals surface area (Å²) < 4.78 is 10.7. The Kier molecular flexibility index (Phi) is 7.45. The van der Waals surface area contributed by atoms with Crippen LogP contribution in [0.4, 0.5) is 0 Å². The third-order valence-electron chi connectivity index (χ3n) is 6.72. The van der Waals surface area contributed by atoms with Crippen molar-refractivity contribution in [3.63, 3.8) is 0 Å². The summed E-state index contributed by atoms with van der Waals surface area (Å²) in [5, 5.41) is 7.00. The predicted octanol–water partition coefficient (Wildman–Crippen LogP) is 2.41. The molecule has 2 aromatic rings. The molecule has 33 heavy (non-hydrogen) atoms. The summed E-state index contributed by atoms with van der Waals surface area (Å²) in [6, 6.07) is 9.16. The van der Waals surface area contributed by atoms with Crippen molar-refractivity contribution in [3.05, 3.63) is 52.9 Å². The third kappa shape index (κ3) is 6.00. The first-order valence-electron chi connectivity index (χ1n) is 11.8. The number of likely N-dealkylation sites (tertiary alicyclic amines) is 1. The van der Waals surface area contributed by atoms with E-state index in [9.17, 15) is 9.59 Å². The molecular formula is C25H34N4O4. The highest BCUT2D eigenvalue weighted by Gasteiger charge is 2.33. The Hall–Kier alpha value is -2.71. The molecule has 0 radical (unpaired) electrons. The van der Waals surface area contributed by atoms with Gasteiger partial charge in [0, 0.05) is 32.2 Å². The maximum Gasteiger partial charge on any atom is 0.273 e. The molecule has 0 bridgehead atoms. The maximum absolute atomic E-state index is 12.9. The number of hydrogen-bond donors (Lipinski definition) is 2. The number of carbonyl (C=O) groups is 2. The average molecular weight is 455 g/mol. The number of hydrogen-bond acceptors (Lipinski definition) is 6. The predicted molar refractivity (Wildman–Crippen MR) is 124 cm³/mol. The normalized spacial score (nSPS) is 18.7. The molecule has 0 spiro atoms. The van der Waals surface area contributed by atoms with Gasteiger partial charge in [0.1, 0.15) is 5.76 Å². The first-order valence-corrected chi connectivity index (χ1v) is 11.8. The molecule has 1 saturated heterocycles. The zero-order valence-corrected chi connectivity index (χ0v) is 19.5. The Balaban J connectivity index is 1.29. The van der Waals surface area contributed by atoms with Crippen LogP contribution in [0.25, 0.3) is 0 Å². The summed E-state index contributed by atoms with van der Waals surface area (Å²) in [6.07, 6.45) is 4.28. The van der Waals surface area contributed by atoms with Crippen molar-refractivity contribution in [2.45, 2.75) is 57.0 Å². The van der Waals surface area contributed by atoms with Crippen LogP contribution in [0, 0.1) is 12.8 Å². The van der Waals surface area contributed by atoms with Crippen LogP contribution in [0.1, 0.15) is 59.0 Å². The molecule has 1 unspecified atom stereocenters. The lowest BCUT2D eigenvalue weighted by Gasteiger charge is -2.37. The molecule has 1 saturated carbocycles. The van der Waals surface area contributed by atoms with Crippen molar-refractivity contribution in [2.75, 3.05) is 26.8 Å². The monoisotopic (exact) mass is 454 g/mol. The molecule has 1 aliphatic heterocycles. The second-order valence-electron chi connectivity index (χ2n) is 9.38. The number of ether oxygens (including phenoxy) is 1. The molecule has 2 heterocycles. The van der Waals surface area contributed by atoms with Crippen molar-refractivity contribution in [1.29, 1.82) is 0 Å². The number of nitrogens with one attached hydrogen (secondary N) is 1. The van der Waals surface area contributed by atoms with Gasteiger partial charge >= 0.3 is 0 Å². The van der Waals surface area contributed by atoms with E-state index in [0.29, 0.717) is 37.7 Å². The van der Waals surface area contributed by atoms with Gasteiger partial charge in [0.05, 0.1) is 18.7 Å². The molecule has 8 heteroatoms. The Labute approximate surface area is 194 Å². The SMILES string of the molecule is COCC(NC(=O)c1cc(C2CC2)on1)C1CCN(C(=O)[C@@H](N)Cc2ccc(C)cc2)CC1. The van der Waals surface area contributed by atoms with Crippen LogP contribution in [-0.4, -0.2) is 60.8 Å². The van der Waals surface area contributed by atoms with Crippen LogP contribution in [0.3, 0.4) is 0 Å². The highest BCUT2D eigenvalue weighted by atomic mass is 16.5. The minimum atomic E-state index is -0.549. The fourth-order valence-electron chi connectivity index (χ4n) is 4.50. The van der Waals surface area contributed by atoms with Crippen LogP contribution >= 0.6 is 0 Å². The molecule has 1 aromatic heterocycles. The Morgan fingerprint density at radius 1 is 1.21 bits per heavy atom. The van der Waals surface area contributed by atoms with Gasteiger partial charge in [-0.1, -0.05) is 35.0 Å². The number of aromatic nitrogens is 1. The smallest absolute Gasteiger partial charge is 0.273 e. The van der Waals surface area contributed by atoms with Gasteiger partial charge in [-0.25, -0.2) is 0 Å².